The van der Waals surface area contributed by atoms with E-state index in [1.54, 1.807) is 20.2 Å². The molecule has 2 aromatic carbocycles. The zero-order chi connectivity index (χ0) is 25.9. The average molecular weight is 504 g/mol. The van der Waals surface area contributed by atoms with E-state index < -0.39 is 17.9 Å². The number of carbonyl (C=O) groups is 1. The van der Waals surface area contributed by atoms with Crippen molar-refractivity contribution in [2.75, 3.05) is 26.8 Å². The number of aryl methyl sites for hydroxylation is 1. The fourth-order valence-electron chi connectivity index (χ4n) is 4.61. The lowest BCUT2D eigenvalue weighted by atomic mass is 10.0. The van der Waals surface area contributed by atoms with Gasteiger partial charge in [0, 0.05) is 38.3 Å². The number of H-pyrrole nitrogens is 1. The Bertz CT molecular complexity index is 1530. The maximum absolute atomic E-state index is 12.8. The van der Waals surface area contributed by atoms with Gasteiger partial charge in [0.15, 0.2) is 5.58 Å². The third-order valence-electron chi connectivity index (χ3n) is 6.78. The van der Waals surface area contributed by atoms with E-state index in [1.807, 2.05) is 36.4 Å². The molecule has 1 aliphatic heterocycles. The van der Waals surface area contributed by atoms with Crippen molar-refractivity contribution in [3.63, 3.8) is 0 Å². The van der Waals surface area contributed by atoms with Crippen molar-refractivity contribution in [1.29, 1.82) is 5.26 Å². The third-order valence-corrected chi connectivity index (χ3v) is 6.78. The van der Waals surface area contributed by atoms with Crippen LogP contribution in [0.5, 0.6) is 0 Å². The Morgan fingerprint density at radius 1 is 1.27 bits per heavy atom. The number of fused-ring (bicyclic) bond motifs is 2. The van der Waals surface area contributed by atoms with E-state index in [0.717, 1.165) is 46.2 Å². The Balaban J connectivity index is 1.29. The van der Waals surface area contributed by atoms with Crippen LogP contribution < -0.4 is 16.4 Å². The lowest BCUT2D eigenvalue weighted by molar-refractivity contribution is -0.136. The predicted octanol–water partition coefficient (Wildman–Crippen LogP) is 2.22. The number of nitriles is 1. The normalized spacial score (nSPS) is 19.3. The summed E-state index contributed by atoms with van der Waals surface area (Å²) in [6.07, 6.45) is 0.382. The predicted molar refractivity (Wildman–Crippen MR) is 138 cm³/mol. The molecule has 1 saturated heterocycles. The fraction of sp³-hybridized carbons (Fsp3) is 0.370. The van der Waals surface area contributed by atoms with Gasteiger partial charge in [0.2, 0.25) is 0 Å². The molecule has 10 nitrogen and oxygen atoms in total. The number of benzene rings is 2. The number of aromatic amines is 1. The molecule has 0 saturated carbocycles. The van der Waals surface area contributed by atoms with Gasteiger partial charge < -0.3 is 29.5 Å². The second kappa shape index (κ2) is 10.6. The summed E-state index contributed by atoms with van der Waals surface area (Å²) >= 11 is 0. The second-order valence-electron chi connectivity index (χ2n) is 9.27. The van der Waals surface area contributed by atoms with Crippen LogP contribution in [-0.4, -0.2) is 60.5 Å². The van der Waals surface area contributed by atoms with Crippen molar-refractivity contribution in [3.05, 3.63) is 58.7 Å². The number of aromatic nitrogens is 2. The number of amides is 1. The summed E-state index contributed by atoms with van der Waals surface area (Å²) in [6, 6.07) is 15.1. The van der Waals surface area contributed by atoms with E-state index in [-0.39, 0.29) is 12.0 Å². The van der Waals surface area contributed by atoms with Crippen LogP contribution in [0.25, 0.3) is 33.1 Å². The van der Waals surface area contributed by atoms with Crippen molar-refractivity contribution in [2.24, 2.45) is 7.05 Å². The Kier molecular flexibility index (Phi) is 7.10. The van der Waals surface area contributed by atoms with Crippen LogP contribution in [0.3, 0.4) is 0 Å². The Labute approximate surface area is 213 Å². The summed E-state index contributed by atoms with van der Waals surface area (Å²) in [4.78, 5) is 28.0. The zero-order valence-electron chi connectivity index (χ0n) is 20.7. The molecule has 0 aliphatic carbocycles. The lowest BCUT2D eigenvalue weighted by Gasteiger charge is -2.25. The summed E-state index contributed by atoms with van der Waals surface area (Å²) < 4.78 is 17.8. The number of ether oxygens (including phenoxy) is 2. The molecule has 192 valence electrons. The summed E-state index contributed by atoms with van der Waals surface area (Å²) in [5.74, 6) is -0.717. The highest BCUT2D eigenvalue weighted by Crippen LogP contribution is 2.27. The van der Waals surface area contributed by atoms with Crippen LogP contribution in [0.1, 0.15) is 12.1 Å². The van der Waals surface area contributed by atoms with Gasteiger partial charge in [-0.2, -0.15) is 5.26 Å². The first kappa shape index (κ1) is 24.8. The van der Waals surface area contributed by atoms with Gasteiger partial charge in [-0.3, -0.25) is 9.36 Å². The molecule has 5 rings (SSSR count). The van der Waals surface area contributed by atoms with Crippen molar-refractivity contribution >= 4 is 27.9 Å². The van der Waals surface area contributed by atoms with Gasteiger partial charge in [0.1, 0.15) is 12.1 Å². The molecule has 4 aromatic rings. The van der Waals surface area contributed by atoms with Gasteiger partial charge >= 0.3 is 5.76 Å². The molecule has 3 atom stereocenters. The molecule has 0 radical (unpaired) electrons. The van der Waals surface area contributed by atoms with E-state index in [9.17, 15) is 14.9 Å². The molecule has 2 unspecified atom stereocenters. The first-order valence-electron chi connectivity index (χ1n) is 12.2. The number of methoxy groups -OCH3 is 1. The molecule has 3 heterocycles. The number of nitrogens with zero attached hydrogens (tertiary/aromatic N) is 2. The van der Waals surface area contributed by atoms with Crippen LogP contribution in [0.15, 0.2) is 51.7 Å². The minimum atomic E-state index is -0.711. The molecule has 1 amide bonds. The van der Waals surface area contributed by atoms with E-state index in [1.165, 1.54) is 4.57 Å². The fourth-order valence-corrected chi connectivity index (χ4v) is 4.61. The highest BCUT2D eigenvalue weighted by molar-refractivity contribution is 5.88. The maximum atomic E-state index is 12.8. The monoisotopic (exact) mass is 503 g/mol. The average Bonchev–Trinajstić information content (AvgIpc) is 3.42. The molecule has 37 heavy (non-hydrogen) atoms. The van der Waals surface area contributed by atoms with Gasteiger partial charge in [-0.1, -0.05) is 18.2 Å². The number of hydrogen-bond acceptors (Lipinski definition) is 7. The topological polar surface area (TPSA) is 134 Å². The van der Waals surface area contributed by atoms with E-state index >= 15 is 0 Å². The van der Waals surface area contributed by atoms with Crippen LogP contribution >= 0.6 is 0 Å². The van der Waals surface area contributed by atoms with E-state index in [0.29, 0.717) is 25.2 Å². The largest absolute Gasteiger partial charge is 0.419 e. The third kappa shape index (κ3) is 5.29. The summed E-state index contributed by atoms with van der Waals surface area (Å²) in [7, 11) is 3.31. The number of oxazole rings is 1. The smallest absolute Gasteiger partial charge is 0.408 e. The summed E-state index contributed by atoms with van der Waals surface area (Å²) in [5.41, 5.74) is 4.95. The minimum absolute atomic E-state index is 0.0698. The molecule has 2 aromatic heterocycles. The molecule has 0 bridgehead atoms. The Morgan fingerprint density at radius 3 is 2.89 bits per heavy atom. The Morgan fingerprint density at radius 2 is 2.08 bits per heavy atom. The molecule has 3 N–H and O–H groups in total. The first-order valence-corrected chi connectivity index (χ1v) is 12.2. The molecule has 10 heteroatoms. The summed E-state index contributed by atoms with van der Waals surface area (Å²) in [6.45, 7) is 1.45. The highest BCUT2D eigenvalue weighted by Gasteiger charge is 2.25. The number of hydrogen-bond donors (Lipinski definition) is 3. The highest BCUT2D eigenvalue weighted by atomic mass is 16.5. The number of carbonyl (C=O) groups excluding carboxylic acids is 1. The molecule has 0 spiro atoms. The summed E-state index contributed by atoms with van der Waals surface area (Å²) in [5, 5.41) is 16.7. The lowest BCUT2D eigenvalue weighted by Crippen LogP contribution is -2.49. The standard InChI is InChI=1S/C27H29N5O5/c1-32-23-11-17(5-6-24(23)37-27(32)34)16-3-4-18-9-19(30-22(18)10-16)12-20(13-28)31-26(33)25-14-29-8-7-21(35-2)15-36-25/h3-6,9-11,20-21,25,29-30H,7-8,12,14-15H2,1-2H3,(H,31,33)/t20?,21?,25-/m0/s1. The molecular weight excluding hydrogens is 474 g/mol. The first-order chi connectivity index (χ1) is 17.9. The van der Waals surface area contributed by atoms with Crippen LogP contribution in [-0.2, 0) is 27.7 Å². The van der Waals surface area contributed by atoms with Crippen molar-refractivity contribution in [2.45, 2.75) is 31.1 Å². The van der Waals surface area contributed by atoms with Crippen molar-refractivity contribution < 1.29 is 18.7 Å². The number of nitrogens with one attached hydrogen (secondary N) is 3. The quantitative estimate of drug-likeness (QED) is 0.367. The Hall–Kier alpha value is -3.91. The van der Waals surface area contributed by atoms with Crippen molar-refractivity contribution in [3.8, 4) is 17.2 Å². The van der Waals surface area contributed by atoms with Gasteiger partial charge in [0.05, 0.1) is 24.3 Å². The van der Waals surface area contributed by atoms with Crippen LogP contribution in [0.4, 0.5) is 0 Å². The van der Waals surface area contributed by atoms with E-state index in [4.69, 9.17) is 13.9 Å². The van der Waals surface area contributed by atoms with Gasteiger partial charge in [-0.25, -0.2) is 4.79 Å². The minimum Gasteiger partial charge on any atom is -0.408 e. The van der Waals surface area contributed by atoms with E-state index in [2.05, 4.69) is 21.7 Å². The zero-order valence-corrected chi connectivity index (χ0v) is 20.7. The molecule has 1 aliphatic rings. The second-order valence-corrected chi connectivity index (χ2v) is 9.27. The van der Waals surface area contributed by atoms with Gasteiger partial charge in [0.25, 0.3) is 5.91 Å². The van der Waals surface area contributed by atoms with Gasteiger partial charge in [-0.15, -0.1) is 0 Å². The molecule has 1 fully saturated rings. The molecular formula is C27H29N5O5. The number of rotatable bonds is 6. The van der Waals surface area contributed by atoms with Crippen molar-refractivity contribution in [1.82, 2.24) is 20.2 Å². The van der Waals surface area contributed by atoms with Gasteiger partial charge in [-0.05, 0) is 53.7 Å². The maximum Gasteiger partial charge on any atom is 0.419 e. The van der Waals surface area contributed by atoms with Crippen LogP contribution in [0, 0.1) is 11.3 Å². The van der Waals surface area contributed by atoms with Crippen LogP contribution in [0.2, 0.25) is 0 Å². The SMILES string of the molecule is COC1CCNC[C@@H](C(=O)NC(C#N)Cc2cc3ccc(-c4ccc5oc(=O)n(C)c5c4)cc3[nH]2)OC1.